The van der Waals surface area contributed by atoms with Crippen LogP contribution in [0.2, 0.25) is 5.15 Å². The van der Waals surface area contributed by atoms with Crippen LogP contribution in [0.25, 0.3) is 0 Å². The average Bonchev–Trinajstić information content (AvgIpc) is 2.34. The molecule has 1 aromatic heterocycles. The van der Waals surface area contributed by atoms with E-state index >= 15 is 0 Å². The summed E-state index contributed by atoms with van der Waals surface area (Å²) in [4.78, 5) is 11.5. The topological polar surface area (TPSA) is 75.1 Å². The third kappa shape index (κ3) is 5.86. The lowest BCUT2D eigenvalue weighted by molar-refractivity contribution is 0.0950. The van der Waals surface area contributed by atoms with Crippen molar-refractivity contribution in [3.63, 3.8) is 0 Å². The number of hydrogen-bond acceptors (Lipinski definition) is 5. The van der Waals surface area contributed by atoms with Crippen molar-refractivity contribution in [3.05, 3.63) is 23.0 Å². The Morgan fingerprint density at radius 2 is 2.24 bits per heavy atom. The van der Waals surface area contributed by atoms with Gasteiger partial charge in [0.25, 0.3) is 5.91 Å². The first kappa shape index (κ1) is 14.2. The molecule has 0 fully saturated rings. The summed E-state index contributed by atoms with van der Waals surface area (Å²) in [5.41, 5.74) is 0.259. The fraction of sp³-hybridized carbons (Fsp3) is 0.500. The molecule has 0 bridgehead atoms. The fourth-order valence-electron chi connectivity index (χ4n) is 1.03. The van der Waals surface area contributed by atoms with Gasteiger partial charge in [-0.25, -0.2) is 0 Å². The number of nitrogens with zero attached hydrogens (tertiary/aromatic N) is 2. The molecule has 1 amide bonds. The normalized spacial score (nSPS) is 10.2. The maximum absolute atomic E-state index is 11.5. The van der Waals surface area contributed by atoms with Gasteiger partial charge in [0.05, 0.1) is 0 Å². The predicted octanol–water partition coefficient (Wildman–Crippen LogP) is 0.975. The zero-order chi connectivity index (χ0) is 12.5. The van der Waals surface area contributed by atoms with E-state index in [1.165, 1.54) is 12.1 Å². The Bertz CT molecular complexity index is 348. The minimum atomic E-state index is -0.253. The second-order valence-corrected chi connectivity index (χ2v) is 4.80. The van der Waals surface area contributed by atoms with Gasteiger partial charge in [-0.15, -0.1) is 10.2 Å². The highest BCUT2D eigenvalue weighted by atomic mass is 35.5. The van der Waals surface area contributed by atoms with E-state index in [2.05, 4.69) is 15.5 Å². The van der Waals surface area contributed by atoms with Gasteiger partial charge in [-0.1, -0.05) is 11.6 Å². The van der Waals surface area contributed by atoms with Crippen LogP contribution >= 0.6 is 23.4 Å². The van der Waals surface area contributed by atoms with Crippen molar-refractivity contribution >= 4 is 29.3 Å². The van der Waals surface area contributed by atoms with Gasteiger partial charge in [0.2, 0.25) is 0 Å². The number of aliphatic hydroxyl groups excluding tert-OH is 1. The summed E-state index contributed by atoms with van der Waals surface area (Å²) >= 11 is 7.25. The minimum Gasteiger partial charge on any atom is -0.396 e. The molecule has 2 N–H and O–H groups in total. The molecule has 0 aromatic carbocycles. The van der Waals surface area contributed by atoms with Crippen LogP contribution in [0, 0.1) is 0 Å². The van der Waals surface area contributed by atoms with Gasteiger partial charge in [-0.05, 0) is 24.3 Å². The third-order valence-corrected chi connectivity index (χ3v) is 3.12. The molecule has 0 aliphatic heterocycles. The quantitative estimate of drug-likeness (QED) is 0.726. The summed E-state index contributed by atoms with van der Waals surface area (Å²) in [6, 6.07) is 3.06. The lowest BCUT2D eigenvalue weighted by Crippen LogP contribution is -2.26. The fourth-order valence-corrected chi connectivity index (χ4v) is 1.92. The summed E-state index contributed by atoms with van der Waals surface area (Å²) in [7, 11) is 0. The van der Waals surface area contributed by atoms with Crippen LogP contribution in [0.4, 0.5) is 0 Å². The van der Waals surface area contributed by atoms with Crippen molar-refractivity contribution in [1.82, 2.24) is 15.5 Å². The van der Waals surface area contributed by atoms with Crippen LogP contribution in [0.1, 0.15) is 16.9 Å². The van der Waals surface area contributed by atoms with Gasteiger partial charge in [-0.2, -0.15) is 11.8 Å². The Kier molecular flexibility index (Phi) is 6.91. The number of thioether (sulfide) groups is 1. The van der Waals surface area contributed by atoms with E-state index in [1.54, 1.807) is 11.8 Å². The Balaban J connectivity index is 2.19. The van der Waals surface area contributed by atoms with Crippen LogP contribution in [0.5, 0.6) is 0 Å². The molecule has 0 spiro atoms. The largest absolute Gasteiger partial charge is 0.396 e. The number of hydrogen-bond donors (Lipinski definition) is 2. The molecule has 1 heterocycles. The number of rotatable bonds is 7. The van der Waals surface area contributed by atoms with Crippen molar-refractivity contribution in [3.8, 4) is 0 Å². The highest BCUT2D eigenvalue weighted by Crippen LogP contribution is 2.03. The van der Waals surface area contributed by atoms with Crippen molar-refractivity contribution in [2.24, 2.45) is 0 Å². The standard InChI is InChI=1S/C10H14ClN3O2S/c11-9-3-2-8(13-14-9)10(16)12-4-7-17-6-1-5-15/h2-3,15H,1,4-7H2,(H,12,16). The molecule has 94 valence electrons. The van der Waals surface area contributed by atoms with Crippen LogP contribution < -0.4 is 5.32 Å². The number of nitrogens with one attached hydrogen (secondary N) is 1. The molecule has 0 radical (unpaired) electrons. The van der Waals surface area contributed by atoms with Gasteiger partial charge < -0.3 is 10.4 Å². The van der Waals surface area contributed by atoms with Crippen molar-refractivity contribution < 1.29 is 9.90 Å². The SMILES string of the molecule is O=C(NCCSCCCO)c1ccc(Cl)nn1. The summed E-state index contributed by atoms with van der Waals surface area (Å²) in [6.07, 6.45) is 0.779. The van der Waals surface area contributed by atoms with E-state index in [0.29, 0.717) is 6.54 Å². The molecule has 7 heteroatoms. The van der Waals surface area contributed by atoms with E-state index in [9.17, 15) is 4.79 Å². The summed E-state index contributed by atoms with van der Waals surface area (Å²) < 4.78 is 0. The first-order valence-corrected chi connectivity index (χ1v) is 6.73. The van der Waals surface area contributed by atoms with Crippen molar-refractivity contribution in [2.45, 2.75) is 6.42 Å². The Morgan fingerprint density at radius 1 is 1.41 bits per heavy atom. The zero-order valence-corrected chi connectivity index (χ0v) is 10.8. The highest BCUT2D eigenvalue weighted by molar-refractivity contribution is 7.99. The first-order chi connectivity index (χ1) is 8.24. The molecule has 5 nitrogen and oxygen atoms in total. The Hall–Kier alpha value is -0.850. The number of carbonyl (C=O) groups excluding carboxylic acids is 1. The average molecular weight is 276 g/mol. The maximum Gasteiger partial charge on any atom is 0.271 e. The Morgan fingerprint density at radius 3 is 2.88 bits per heavy atom. The summed E-state index contributed by atoms with van der Waals surface area (Å²) in [6.45, 7) is 0.777. The molecule has 1 aromatic rings. The lowest BCUT2D eigenvalue weighted by Gasteiger charge is -2.03. The molecular formula is C10H14ClN3O2S. The molecule has 0 saturated carbocycles. The Labute approximate surface area is 109 Å². The number of halogens is 1. The first-order valence-electron chi connectivity index (χ1n) is 5.20. The maximum atomic E-state index is 11.5. The molecule has 0 unspecified atom stereocenters. The van der Waals surface area contributed by atoms with Crippen LogP contribution in [-0.4, -0.2) is 45.9 Å². The van der Waals surface area contributed by atoms with Crippen LogP contribution in [0.3, 0.4) is 0 Å². The number of amides is 1. The smallest absolute Gasteiger partial charge is 0.271 e. The number of aromatic nitrogens is 2. The third-order valence-electron chi connectivity index (χ3n) is 1.84. The monoisotopic (exact) mass is 275 g/mol. The van der Waals surface area contributed by atoms with Gasteiger partial charge in [0, 0.05) is 18.9 Å². The van der Waals surface area contributed by atoms with E-state index in [4.69, 9.17) is 16.7 Å². The molecule has 0 saturated heterocycles. The molecule has 0 atom stereocenters. The second-order valence-electron chi connectivity index (χ2n) is 3.19. The molecule has 17 heavy (non-hydrogen) atoms. The van der Waals surface area contributed by atoms with Gasteiger partial charge in [0.1, 0.15) is 0 Å². The van der Waals surface area contributed by atoms with E-state index < -0.39 is 0 Å². The minimum absolute atomic E-state index is 0.208. The summed E-state index contributed by atoms with van der Waals surface area (Å²) in [5, 5.41) is 18.8. The number of aliphatic hydroxyl groups is 1. The van der Waals surface area contributed by atoms with Crippen LogP contribution in [0.15, 0.2) is 12.1 Å². The number of carbonyl (C=O) groups is 1. The molecular weight excluding hydrogens is 262 g/mol. The molecule has 0 aliphatic carbocycles. The predicted molar refractivity (Wildman–Crippen MR) is 68.4 cm³/mol. The molecule has 1 rings (SSSR count). The lowest BCUT2D eigenvalue weighted by atomic mass is 10.4. The zero-order valence-electron chi connectivity index (χ0n) is 9.23. The van der Waals surface area contributed by atoms with E-state index in [0.717, 1.165) is 17.9 Å². The van der Waals surface area contributed by atoms with Gasteiger partial charge >= 0.3 is 0 Å². The van der Waals surface area contributed by atoms with Gasteiger partial charge in [0.15, 0.2) is 10.8 Å². The van der Waals surface area contributed by atoms with Gasteiger partial charge in [-0.3, -0.25) is 4.79 Å². The van der Waals surface area contributed by atoms with Crippen molar-refractivity contribution in [2.75, 3.05) is 24.7 Å². The van der Waals surface area contributed by atoms with Crippen molar-refractivity contribution in [1.29, 1.82) is 0 Å². The van der Waals surface area contributed by atoms with E-state index in [1.807, 2.05) is 0 Å². The second kappa shape index (κ2) is 8.27. The summed E-state index contributed by atoms with van der Waals surface area (Å²) in [5.74, 6) is 1.46. The molecule has 0 aliphatic rings. The van der Waals surface area contributed by atoms with Crippen LogP contribution in [-0.2, 0) is 0 Å². The van der Waals surface area contributed by atoms with E-state index in [-0.39, 0.29) is 23.4 Å². The highest BCUT2D eigenvalue weighted by Gasteiger charge is 2.06.